The number of carbonyl (C=O) groups is 1. The van der Waals surface area contributed by atoms with Crippen LogP contribution >= 0.6 is 0 Å². The minimum absolute atomic E-state index is 0.0159. The summed E-state index contributed by atoms with van der Waals surface area (Å²) >= 11 is 0. The van der Waals surface area contributed by atoms with Crippen LogP contribution in [0.15, 0.2) is 47.1 Å². The summed E-state index contributed by atoms with van der Waals surface area (Å²) in [5, 5.41) is 0. The quantitative estimate of drug-likeness (QED) is 0.874. The predicted octanol–water partition coefficient (Wildman–Crippen LogP) is 2.70. The molecule has 0 radical (unpaired) electrons. The molecule has 2 aliphatic heterocycles. The second-order valence-corrected chi connectivity index (χ2v) is 6.78. The summed E-state index contributed by atoms with van der Waals surface area (Å²) in [6.45, 7) is 2.69. The zero-order chi connectivity index (χ0) is 17.3. The summed E-state index contributed by atoms with van der Waals surface area (Å²) in [5.41, 5.74) is 8.19. The first kappa shape index (κ1) is 16.0. The Bertz CT molecular complexity index is 787. The Kier molecular flexibility index (Phi) is 4.09. The number of piperidine rings is 1. The first-order valence-corrected chi connectivity index (χ1v) is 8.67. The van der Waals surface area contributed by atoms with Gasteiger partial charge in [0.2, 0.25) is 5.91 Å². The van der Waals surface area contributed by atoms with Gasteiger partial charge in [-0.2, -0.15) is 0 Å². The van der Waals surface area contributed by atoms with Crippen molar-refractivity contribution in [2.24, 2.45) is 5.73 Å². The summed E-state index contributed by atoms with van der Waals surface area (Å²) in [7, 11) is 0. The molecule has 2 aliphatic rings. The van der Waals surface area contributed by atoms with Gasteiger partial charge in [-0.25, -0.2) is 0 Å². The van der Waals surface area contributed by atoms with Gasteiger partial charge in [0, 0.05) is 36.7 Å². The van der Waals surface area contributed by atoms with E-state index in [4.69, 9.17) is 14.9 Å². The van der Waals surface area contributed by atoms with Crippen molar-refractivity contribution in [3.8, 4) is 5.75 Å². The first-order chi connectivity index (χ1) is 12.2. The van der Waals surface area contributed by atoms with E-state index in [0.717, 1.165) is 37.2 Å². The van der Waals surface area contributed by atoms with E-state index in [1.165, 1.54) is 5.56 Å². The van der Waals surface area contributed by atoms with Crippen LogP contribution in [0.5, 0.6) is 5.75 Å². The van der Waals surface area contributed by atoms with E-state index in [-0.39, 0.29) is 11.3 Å². The predicted molar refractivity (Wildman–Crippen MR) is 95.1 cm³/mol. The van der Waals surface area contributed by atoms with Gasteiger partial charge in [-0.3, -0.25) is 4.79 Å². The number of ether oxygens (including phenoxy) is 1. The normalized spacial score (nSPS) is 18.5. The van der Waals surface area contributed by atoms with Crippen molar-refractivity contribution in [3.05, 3.63) is 59.6 Å². The van der Waals surface area contributed by atoms with Gasteiger partial charge < -0.3 is 19.8 Å². The van der Waals surface area contributed by atoms with Crippen molar-refractivity contribution in [2.45, 2.75) is 24.8 Å². The maximum Gasteiger partial charge on any atom is 0.246 e. The smallest absolute Gasteiger partial charge is 0.246 e. The van der Waals surface area contributed by atoms with E-state index < -0.39 is 0 Å². The van der Waals surface area contributed by atoms with Crippen molar-refractivity contribution >= 4 is 12.0 Å². The van der Waals surface area contributed by atoms with Crippen molar-refractivity contribution in [3.63, 3.8) is 0 Å². The largest absolute Gasteiger partial charge is 0.492 e. The molecule has 3 heterocycles. The van der Waals surface area contributed by atoms with Gasteiger partial charge in [-0.1, -0.05) is 12.1 Å². The highest BCUT2D eigenvalue weighted by Gasteiger charge is 2.43. The molecule has 0 aliphatic carbocycles. The number of hydrogen-bond donors (Lipinski definition) is 1. The number of hydrogen-bond acceptors (Lipinski definition) is 4. The number of furan rings is 1. The lowest BCUT2D eigenvalue weighted by Crippen LogP contribution is -2.45. The number of nitrogens with zero attached hydrogens (tertiary/aromatic N) is 1. The van der Waals surface area contributed by atoms with E-state index >= 15 is 0 Å². The molecule has 1 fully saturated rings. The zero-order valence-electron chi connectivity index (χ0n) is 14.1. The van der Waals surface area contributed by atoms with Crippen LogP contribution in [0, 0.1) is 0 Å². The SMILES string of the molecule is NCc1ccc2c(c1)C1(CCN(C(=O)/C=C\c3ccco3)CC1)CO2. The molecule has 1 saturated heterocycles. The fourth-order valence-corrected chi connectivity index (χ4v) is 3.75. The van der Waals surface area contributed by atoms with Crippen molar-refractivity contribution in [2.75, 3.05) is 19.7 Å². The van der Waals surface area contributed by atoms with Gasteiger partial charge in [0.25, 0.3) is 0 Å². The zero-order valence-corrected chi connectivity index (χ0v) is 14.1. The van der Waals surface area contributed by atoms with E-state index in [1.54, 1.807) is 18.4 Å². The lowest BCUT2D eigenvalue weighted by molar-refractivity contribution is -0.127. The van der Waals surface area contributed by atoms with Crippen LogP contribution in [-0.4, -0.2) is 30.5 Å². The standard InChI is InChI=1S/C20H22N2O3/c21-13-15-3-5-18-17(12-15)20(14-25-18)7-9-22(10-8-20)19(23)6-4-16-2-1-11-24-16/h1-6,11-12H,7-10,13-14,21H2/b6-4-. The molecule has 2 N–H and O–H groups in total. The van der Waals surface area contributed by atoms with Crippen LogP contribution < -0.4 is 10.5 Å². The number of fused-ring (bicyclic) bond motifs is 2. The van der Waals surface area contributed by atoms with Crippen molar-refractivity contribution < 1.29 is 13.9 Å². The van der Waals surface area contributed by atoms with Gasteiger partial charge in [0.1, 0.15) is 11.5 Å². The molecule has 4 rings (SSSR count). The van der Waals surface area contributed by atoms with Gasteiger partial charge in [-0.15, -0.1) is 0 Å². The highest BCUT2D eigenvalue weighted by Crippen LogP contribution is 2.45. The molecule has 2 aromatic rings. The summed E-state index contributed by atoms with van der Waals surface area (Å²) in [6, 6.07) is 9.86. The molecular weight excluding hydrogens is 316 g/mol. The third-order valence-electron chi connectivity index (χ3n) is 5.32. The van der Waals surface area contributed by atoms with E-state index in [2.05, 4.69) is 6.07 Å². The van der Waals surface area contributed by atoms with Gasteiger partial charge >= 0.3 is 0 Å². The van der Waals surface area contributed by atoms with Crippen LogP contribution in [0.4, 0.5) is 0 Å². The fraction of sp³-hybridized carbons (Fsp3) is 0.350. The fourth-order valence-electron chi connectivity index (χ4n) is 3.75. The Morgan fingerprint density at radius 3 is 2.84 bits per heavy atom. The molecule has 5 heteroatoms. The second kappa shape index (κ2) is 6.41. The molecule has 1 amide bonds. The van der Waals surface area contributed by atoms with Gasteiger partial charge in [0.15, 0.2) is 0 Å². The number of rotatable bonds is 3. The molecule has 5 nitrogen and oxygen atoms in total. The van der Waals surface area contributed by atoms with Crippen LogP contribution in [0.25, 0.3) is 6.08 Å². The Balaban J connectivity index is 1.45. The maximum atomic E-state index is 12.4. The molecule has 130 valence electrons. The molecule has 0 bridgehead atoms. The Labute approximate surface area is 147 Å². The summed E-state index contributed by atoms with van der Waals surface area (Å²) < 4.78 is 11.1. The third-order valence-corrected chi connectivity index (χ3v) is 5.32. The average molecular weight is 338 g/mol. The Hall–Kier alpha value is -2.53. The van der Waals surface area contributed by atoms with Crippen LogP contribution in [0.1, 0.15) is 29.7 Å². The van der Waals surface area contributed by atoms with Gasteiger partial charge in [0.05, 0.1) is 12.9 Å². The average Bonchev–Trinajstić information content (AvgIpc) is 3.29. The molecule has 25 heavy (non-hydrogen) atoms. The molecular formula is C20H22N2O3. The van der Waals surface area contributed by atoms with E-state index in [1.807, 2.05) is 29.2 Å². The summed E-state index contributed by atoms with van der Waals surface area (Å²) in [4.78, 5) is 14.3. The molecule has 0 unspecified atom stereocenters. The molecule has 0 saturated carbocycles. The van der Waals surface area contributed by atoms with Crippen molar-refractivity contribution in [1.82, 2.24) is 4.90 Å². The Morgan fingerprint density at radius 1 is 1.28 bits per heavy atom. The van der Waals surface area contributed by atoms with E-state index in [0.29, 0.717) is 18.9 Å². The van der Waals surface area contributed by atoms with Crippen LogP contribution in [0.2, 0.25) is 0 Å². The number of carbonyl (C=O) groups excluding carboxylic acids is 1. The monoisotopic (exact) mass is 338 g/mol. The van der Waals surface area contributed by atoms with Gasteiger partial charge in [-0.05, 0) is 42.7 Å². The summed E-state index contributed by atoms with van der Waals surface area (Å²) in [6.07, 6.45) is 6.72. The minimum atomic E-state index is 0.0159. The number of benzene rings is 1. The molecule has 1 aromatic heterocycles. The van der Waals surface area contributed by atoms with Crippen LogP contribution in [-0.2, 0) is 16.8 Å². The lowest BCUT2D eigenvalue weighted by atomic mass is 9.74. The molecule has 1 spiro atoms. The Morgan fingerprint density at radius 2 is 2.12 bits per heavy atom. The molecule has 0 atom stereocenters. The maximum absolute atomic E-state index is 12.4. The molecule has 1 aromatic carbocycles. The second-order valence-electron chi connectivity index (χ2n) is 6.78. The minimum Gasteiger partial charge on any atom is -0.492 e. The lowest BCUT2D eigenvalue weighted by Gasteiger charge is -2.38. The first-order valence-electron chi connectivity index (χ1n) is 8.67. The third kappa shape index (κ3) is 2.96. The van der Waals surface area contributed by atoms with E-state index in [9.17, 15) is 4.79 Å². The number of likely N-dealkylation sites (tertiary alicyclic amines) is 1. The highest BCUT2D eigenvalue weighted by molar-refractivity contribution is 5.91. The highest BCUT2D eigenvalue weighted by atomic mass is 16.5. The van der Waals surface area contributed by atoms with Crippen LogP contribution in [0.3, 0.4) is 0 Å². The summed E-state index contributed by atoms with van der Waals surface area (Å²) in [5.74, 6) is 1.69. The topological polar surface area (TPSA) is 68.7 Å². The number of amides is 1. The van der Waals surface area contributed by atoms with Crippen molar-refractivity contribution in [1.29, 1.82) is 0 Å². The number of nitrogens with two attached hydrogens (primary N) is 1.